The van der Waals surface area contributed by atoms with Crippen molar-refractivity contribution in [2.75, 3.05) is 5.32 Å². The number of thiophene rings is 1. The molecule has 0 aliphatic carbocycles. The maximum Gasteiger partial charge on any atom is 0.265 e. The molecule has 0 aliphatic rings. The number of anilines is 1. The molecule has 2 rings (SSSR count). The molecule has 0 unspecified atom stereocenters. The van der Waals surface area contributed by atoms with E-state index in [1.165, 1.54) is 21.8 Å². The van der Waals surface area contributed by atoms with E-state index in [0.717, 1.165) is 26.2 Å². The van der Waals surface area contributed by atoms with E-state index in [-0.39, 0.29) is 5.91 Å². The van der Waals surface area contributed by atoms with Crippen molar-refractivity contribution in [3.8, 4) is 0 Å². The molecule has 1 N–H and O–H groups in total. The van der Waals surface area contributed by atoms with Crippen LogP contribution in [0.3, 0.4) is 0 Å². The zero-order chi connectivity index (χ0) is 14.2. The maximum atomic E-state index is 12.3. The molecule has 0 saturated carbocycles. The molecular weight excluding hydrogens is 322 g/mol. The van der Waals surface area contributed by atoms with Gasteiger partial charge in [-0.15, -0.1) is 11.3 Å². The molecule has 1 amide bonds. The molecule has 4 heteroatoms. The number of hydrogen-bond acceptors (Lipinski definition) is 2. The van der Waals surface area contributed by atoms with Gasteiger partial charge in [-0.25, -0.2) is 0 Å². The van der Waals surface area contributed by atoms with Crippen LogP contribution in [0, 0.1) is 27.7 Å². The van der Waals surface area contributed by atoms with Crippen molar-refractivity contribution in [2.24, 2.45) is 0 Å². The van der Waals surface area contributed by atoms with Gasteiger partial charge in [0.05, 0.1) is 4.88 Å². The molecule has 0 atom stereocenters. The minimum absolute atomic E-state index is 0.0327. The summed E-state index contributed by atoms with van der Waals surface area (Å²) in [6.45, 7) is 8.06. The van der Waals surface area contributed by atoms with Crippen LogP contribution >= 0.6 is 27.3 Å². The molecule has 0 bridgehead atoms. The molecule has 0 aliphatic heterocycles. The van der Waals surface area contributed by atoms with E-state index >= 15 is 0 Å². The summed E-state index contributed by atoms with van der Waals surface area (Å²) in [5.41, 5.74) is 4.19. The highest BCUT2D eigenvalue weighted by Gasteiger charge is 2.13. The Hall–Kier alpha value is -1.13. The Labute approximate surface area is 126 Å². The van der Waals surface area contributed by atoms with E-state index < -0.39 is 0 Å². The topological polar surface area (TPSA) is 29.1 Å². The van der Waals surface area contributed by atoms with E-state index in [2.05, 4.69) is 21.2 Å². The summed E-state index contributed by atoms with van der Waals surface area (Å²) < 4.78 is 1.03. The third-order valence-corrected chi connectivity index (χ3v) is 4.73. The van der Waals surface area contributed by atoms with Crippen molar-refractivity contribution in [3.63, 3.8) is 0 Å². The summed E-state index contributed by atoms with van der Waals surface area (Å²) in [6, 6.07) is 5.96. The van der Waals surface area contributed by atoms with Crippen LogP contribution in [0.25, 0.3) is 0 Å². The standard InChI is InChI=1S/C15H16BrNOS/c1-8-7-13(19-11(8)4)15(18)17-14-9(2)5-12(16)6-10(14)3/h5-7H,1-4H3,(H,17,18). The molecular formula is C15H16BrNOS. The van der Waals surface area contributed by atoms with Gasteiger partial charge in [-0.3, -0.25) is 4.79 Å². The average molecular weight is 338 g/mol. The van der Waals surface area contributed by atoms with Crippen molar-refractivity contribution < 1.29 is 4.79 Å². The monoisotopic (exact) mass is 337 g/mol. The van der Waals surface area contributed by atoms with E-state index in [1.54, 1.807) is 0 Å². The number of aryl methyl sites for hydroxylation is 4. The Bertz CT molecular complexity index is 603. The largest absolute Gasteiger partial charge is 0.321 e. The number of nitrogens with one attached hydrogen (secondary N) is 1. The Morgan fingerprint density at radius 1 is 1.05 bits per heavy atom. The Kier molecular flexibility index (Phi) is 4.11. The third kappa shape index (κ3) is 3.07. The fraction of sp³-hybridized carbons (Fsp3) is 0.267. The third-order valence-electron chi connectivity index (χ3n) is 3.13. The minimum atomic E-state index is -0.0327. The van der Waals surface area contributed by atoms with Crippen LogP contribution in [-0.2, 0) is 0 Å². The van der Waals surface area contributed by atoms with Gasteiger partial charge < -0.3 is 5.32 Å². The normalized spacial score (nSPS) is 10.6. The summed E-state index contributed by atoms with van der Waals surface area (Å²) in [7, 11) is 0. The lowest BCUT2D eigenvalue weighted by atomic mass is 10.1. The first-order valence-corrected chi connectivity index (χ1v) is 7.64. The highest BCUT2D eigenvalue weighted by atomic mass is 79.9. The summed E-state index contributed by atoms with van der Waals surface area (Å²) in [6.07, 6.45) is 0. The van der Waals surface area contributed by atoms with Gasteiger partial charge in [0.2, 0.25) is 0 Å². The molecule has 0 spiro atoms. The lowest BCUT2D eigenvalue weighted by Gasteiger charge is -2.11. The second kappa shape index (κ2) is 5.47. The first kappa shape index (κ1) is 14.3. The number of rotatable bonds is 2. The zero-order valence-electron chi connectivity index (χ0n) is 11.4. The second-order valence-electron chi connectivity index (χ2n) is 4.72. The van der Waals surface area contributed by atoms with Gasteiger partial charge in [-0.1, -0.05) is 15.9 Å². The Balaban J connectivity index is 2.29. The second-order valence-corrected chi connectivity index (χ2v) is 6.89. The van der Waals surface area contributed by atoms with E-state index in [1.807, 2.05) is 45.9 Å². The maximum absolute atomic E-state index is 12.3. The van der Waals surface area contributed by atoms with Gasteiger partial charge in [0, 0.05) is 15.0 Å². The van der Waals surface area contributed by atoms with Crippen LogP contribution in [0.2, 0.25) is 0 Å². The molecule has 100 valence electrons. The van der Waals surface area contributed by atoms with Crippen LogP contribution in [0.5, 0.6) is 0 Å². The number of benzene rings is 1. The molecule has 1 aromatic heterocycles. The molecule has 0 fully saturated rings. The zero-order valence-corrected chi connectivity index (χ0v) is 13.8. The smallest absolute Gasteiger partial charge is 0.265 e. The fourth-order valence-electron chi connectivity index (χ4n) is 1.97. The molecule has 1 heterocycles. The van der Waals surface area contributed by atoms with Gasteiger partial charge in [-0.05, 0) is 62.6 Å². The van der Waals surface area contributed by atoms with Crippen molar-refractivity contribution in [2.45, 2.75) is 27.7 Å². The van der Waals surface area contributed by atoms with Crippen molar-refractivity contribution in [1.82, 2.24) is 0 Å². The first-order chi connectivity index (χ1) is 8.88. The molecule has 2 aromatic rings. The lowest BCUT2D eigenvalue weighted by molar-refractivity contribution is 0.103. The van der Waals surface area contributed by atoms with Crippen LogP contribution in [0.15, 0.2) is 22.7 Å². The summed E-state index contributed by atoms with van der Waals surface area (Å²) >= 11 is 5.00. The van der Waals surface area contributed by atoms with Gasteiger partial charge in [0.1, 0.15) is 0 Å². The van der Waals surface area contributed by atoms with E-state index in [9.17, 15) is 4.79 Å². The van der Waals surface area contributed by atoms with E-state index in [4.69, 9.17) is 0 Å². The Morgan fingerprint density at radius 3 is 2.11 bits per heavy atom. The summed E-state index contributed by atoms with van der Waals surface area (Å²) in [4.78, 5) is 14.2. The van der Waals surface area contributed by atoms with Gasteiger partial charge in [-0.2, -0.15) is 0 Å². The fourth-order valence-corrected chi connectivity index (χ4v) is 3.58. The van der Waals surface area contributed by atoms with Crippen molar-refractivity contribution in [1.29, 1.82) is 0 Å². The number of carbonyl (C=O) groups is 1. The molecule has 1 aromatic carbocycles. The SMILES string of the molecule is Cc1cc(C(=O)Nc2c(C)cc(Br)cc2C)sc1C. The number of amides is 1. The molecule has 0 saturated heterocycles. The van der Waals surface area contributed by atoms with E-state index in [0.29, 0.717) is 0 Å². The summed E-state index contributed by atoms with van der Waals surface area (Å²) in [5.74, 6) is -0.0327. The van der Waals surface area contributed by atoms with Crippen LogP contribution in [-0.4, -0.2) is 5.91 Å². The number of carbonyl (C=O) groups excluding carboxylic acids is 1. The molecule has 19 heavy (non-hydrogen) atoms. The average Bonchev–Trinajstić information content (AvgIpc) is 2.64. The first-order valence-electron chi connectivity index (χ1n) is 6.03. The van der Waals surface area contributed by atoms with Gasteiger partial charge in [0.25, 0.3) is 5.91 Å². The number of halogens is 1. The highest BCUT2D eigenvalue weighted by molar-refractivity contribution is 9.10. The molecule has 0 radical (unpaired) electrons. The van der Waals surface area contributed by atoms with Gasteiger partial charge in [0.15, 0.2) is 0 Å². The lowest BCUT2D eigenvalue weighted by Crippen LogP contribution is -2.12. The number of hydrogen-bond donors (Lipinski definition) is 1. The van der Waals surface area contributed by atoms with Gasteiger partial charge >= 0.3 is 0 Å². The quantitative estimate of drug-likeness (QED) is 0.821. The Morgan fingerprint density at radius 2 is 1.63 bits per heavy atom. The minimum Gasteiger partial charge on any atom is -0.321 e. The highest BCUT2D eigenvalue weighted by Crippen LogP contribution is 2.27. The predicted octanol–water partition coefficient (Wildman–Crippen LogP) is 5.00. The van der Waals surface area contributed by atoms with Crippen LogP contribution < -0.4 is 5.32 Å². The van der Waals surface area contributed by atoms with Crippen molar-refractivity contribution >= 4 is 38.9 Å². The molecule has 2 nitrogen and oxygen atoms in total. The van der Waals surface area contributed by atoms with Crippen LogP contribution in [0.4, 0.5) is 5.69 Å². The predicted molar refractivity (Wildman–Crippen MR) is 85.4 cm³/mol. The van der Waals surface area contributed by atoms with Crippen LogP contribution in [0.1, 0.15) is 31.2 Å². The van der Waals surface area contributed by atoms with Crippen molar-refractivity contribution in [3.05, 3.63) is 49.1 Å². The summed E-state index contributed by atoms with van der Waals surface area (Å²) in [5, 5.41) is 3.01.